The van der Waals surface area contributed by atoms with Gasteiger partial charge in [0, 0.05) is 24.3 Å². The average Bonchev–Trinajstić information content (AvgIpc) is 3.37. The van der Waals surface area contributed by atoms with Crippen LogP contribution in [0.15, 0.2) is 78.0 Å². The molecule has 198 valence electrons. The molecule has 10 heteroatoms. The minimum atomic E-state index is -0.580. The summed E-state index contributed by atoms with van der Waals surface area (Å²) in [6.07, 6.45) is 1.62. The summed E-state index contributed by atoms with van der Waals surface area (Å²) < 4.78 is 14.2. The topological polar surface area (TPSA) is 100 Å². The molecule has 37 heavy (non-hydrogen) atoms. The van der Waals surface area contributed by atoms with Crippen molar-refractivity contribution in [2.45, 2.75) is 31.8 Å². The van der Waals surface area contributed by atoms with Crippen molar-refractivity contribution in [1.82, 2.24) is 0 Å². The third kappa shape index (κ3) is 15.8. The van der Waals surface area contributed by atoms with Crippen LogP contribution in [0.1, 0.15) is 19.5 Å². The molecule has 0 saturated heterocycles. The van der Waals surface area contributed by atoms with Crippen molar-refractivity contribution in [3.05, 3.63) is 84.1 Å². The van der Waals surface area contributed by atoms with Crippen LogP contribution in [0.5, 0.6) is 0 Å². The van der Waals surface area contributed by atoms with Gasteiger partial charge >= 0.3 is 63.3 Å². The number of aliphatic imine (C=N–C) groups is 1. The first kappa shape index (κ1) is 35.9. The van der Waals surface area contributed by atoms with Crippen LogP contribution in [-0.2, 0) is 36.6 Å². The molecule has 1 aliphatic rings. The molecule has 1 aliphatic heterocycles. The number of carbonyl (C=O) groups is 2. The Hall–Kier alpha value is -1.11. The van der Waals surface area contributed by atoms with Gasteiger partial charge in [0.15, 0.2) is 6.04 Å². The van der Waals surface area contributed by atoms with Gasteiger partial charge in [0.2, 0.25) is 0 Å². The summed E-state index contributed by atoms with van der Waals surface area (Å²) in [6, 6.07) is 19.4. The summed E-state index contributed by atoms with van der Waals surface area (Å²) in [7, 11) is 2.70. The molecule has 0 fully saturated rings. The number of rotatable bonds is 9. The number of ether oxygens (including phenoxy) is 3. The van der Waals surface area contributed by atoms with Crippen molar-refractivity contribution < 1.29 is 76.6 Å². The van der Waals surface area contributed by atoms with Crippen LogP contribution in [-0.4, -0.2) is 61.4 Å². The van der Waals surface area contributed by atoms with E-state index in [1.165, 1.54) is 25.3 Å². The van der Waals surface area contributed by atoms with Gasteiger partial charge in [-0.25, -0.2) is 4.79 Å². The van der Waals surface area contributed by atoms with Gasteiger partial charge in [0.1, 0.15) is 6.04 Å². The second-order valence-electron chi connectivity index (χ2n) is 7.48. The molecule has 3 rings (SSSR count). The molecule has 1 heterocycles. The van der Waals surface area contributed by atoms with E-state index in [0.29, 0.717) is 18.1 Å². The van der Waals surface area contributed by atoms with Crippen molar-refractivity contribution in [2.75, 3.05) is 32.3 Å². The zero-order chi connectivity index (χ0) is 26.8. The standard InChI is InChI=1S/C12H13NO2S.C11H14O.C4H9NO2S.K.H/c1-15-12(14)10-8-16-11(13-10)7-9-5-3-2-4-6-9;1-3-12-10(2)9-11-7-5-4-6-8-11;1-7-4(6)3(5)2-8;;/h2-6,10H,7-8H2,1H3;4-8H,2-3,9H2,1H3;3,8H,2,5H2,1H3;;/q;;;+1;-1/t10-;;;;/m0..../s1. The number of allylic oxidation sites excluding steroid dienone is 1. The maximum atomic E-state index is 11.3. The van der Waals surface area contributed by atoms with Crippen LogP contribution in [0.25, 0.3) is 0 Å². The average molecular weight is 573 g/mol. The van der Waals surface area contributed by atoms with E-state index in [4.69, 9.17) is 10.5 Å². The molecule has 0 amide bonds. The van der Waals surface area contributed by atoms with Crippen LogP contribution < -0.4 is 57.1 Å². The zero-order valence-electron chi connectivity index (χ0n) is 23.1. The number of thioether (sulfide) groups is 1. The van der Waals surface area contributed by atoms with Crippen LogP contribution in [0.2, 0.25) is 0 Å². The van der Waals surface area contributed by atoms with Gasteiger partial charge < -0.3 is 21.4 Å². The van der Waals surface area contributed by atoms with Crippen molar-refractivity contribution in [3.63, 3.8) is 0 Å². The Labute approximate surface area is 274 Å². The Balaban J connectivity index is 0. The Bertz CT molecular complexity index is 968. The summed E-state index contributed by atoms with van der Waals surface area (Å²) in [4.78, 5) is 26.0. The van der Waals surface area contributed by atoms with Crippen LogP contribution >= 0.6 is 24.4 Å². The molecule has 2 N–H and O–H groups in total. The minimum Gasteiger partial charge on any atom is -1.00 e. The monoisotopic (exact) mass is 572 g/mol. The van der Waals surface area contributed by atoms with Crippen LogP contribution in [0, 0.1) is 0 Å². The van der Waals surface area contributed by atoms with Gasteiger partial charge in [-0.15, -0.1) is 11.8 Å². The Morgan fingerprint density at radius 1 is 1.11 bits per heavy atom. The first-order valence-corrected chi connectivity index (χ1v) is 13.1. The number of hydrogen-bond acceptors (Lipinski definition) is 9. The van der Waals surface area contributed by atoms with Crippen molar-refractivity contribution >= 4 is 41.4 Å². The molecule has 0 aromatic heterocycles. The molecule has 7 nitrogen and oxygen atoms in total. The van der Waals surface area contributed by atoms with Gasteiger partial charge in [-0.1, -0.05) is 67.2 Å². The van der Waals surface area contributed by atoms with Crippen LogP contribution in [0.3, 0.4) is 0 Å². The number of nitrogens with two attached hydrogens (primary N) is 1. The van der Waals surface area contributed by atoms with Gasteiger partial charge in [-0.3, -0.25) is 9.79 Å². The van der Waals surface area contributed by atoms with E-state index in [-0.39, 0.29) is 64.8 Å². The normalized spacial score (nSPS) is 14.2. The minimum absolute atomic E-state index is 0. The smallest absolute Gasteiger partial charge is 1.00 e. The van der Waals surface area contributed by atoms with E-state index in [2.05, 4.69) is 57.9 Å². The number of benzene rings is 2. The second kappa shape index (κ2) is 21.8. The summed E-state index contributed by atoms with van der Waals surface area (Å²) in [6.45, 7) is 6.49. The van der Waals surface area contributed by atoms with Crippen molar-refractivity contribution in [2.24, 2.45) is 10.7 Å². The Kier molecular flexibility index (Phi) is 21.1. The molecule has 0 bridgehead atoms. The Morgan fingerprint density at radius 2 is 1.68 bits per heavy atom. The molecular formula is C27H37KN2O5S2. The first-order valence-electron chi connectivity index (χ1n) is 11.4. The molecule has 2 aromatic carbocycles. The van der Waals surface area contributed by atoms with Gasteiger partial charge in [-0.05, 0) is 18.1 Å². The van der Waals surface area contributed by atoms with Crippen molar-refractivity contribution in [1.29, 1.82) is 0 Å². The predicted octanol–water partition coefficient (Wildman–Crippen LogP) is 1.23. The largest absolute Gasteiger partial charge is 1.00 e. The second-order valence-corrected chi connectivity index (χ2v) is 8.94. The van der Waals surface area contributed by atoms with E-state index in [9.17, 15) is 9.59 Å². The summed E-state index contributed by atoms with van der Waals surface area (Å²) in [5, 5.41) is 1.02. The van der Waals surface area contributed by atoms with E-state index < -0.39 is 12.0 Å². The van der Waals surface area contributed by atoms with Crippen LogP contribution in [0.4, 0.5) is 0 Å². The number of thiol groups is 1. The maximum absolute atomic E-state index is 11.3. The van der Waals surface area contributed by atoms with Crippen molar-refractivity contribution in [3.8, 4) is 0 Å². The third-order valence-corrected chi connectivity index (χ3v) is 6.13. The summed E-state index contributed by atoms with van der Waals surface area (Å²) in [5.74, 6) is 1.21. The van der Waals surface area contributed by atoms with Gasteiger partial charge in [-0.2, -0.15) is 12.6 Å². The third-order valence-electron chi connectivity index (χ3n) is 4.67. The number of hydrogen-bond donors (Lipinski definition) is 2. The number of methoxy groups -OCH3 is 2. The number of nitrogens with zero attached hydrogens (tertiary/aromatic N) is 1. The molecule has 0 radical (unpaired) electrons. The molecular weight excluding hydrogens is 536 g/mol. The Morgan fingerprint density at radius 3 is 2.14 bits per heavy atom. The quantitative estimate of drug-likeness (QED) is 0.202. The van der Waals surface area contributed by atoms with E-state index in [0.717, 1.165) is 23.6 Å². The van der Waals surface area contributed by atoms with E-state index >= 15 is 0 Å². The van der Waals surface area contributed by atoms with E-state index in [1.54, 1.807) is 11.8 Å². The molecule has 0 saturated carbocycles. The van der Waals surface area contributed by atoms with E-state index in [1.807, 2.05) is 43.3 Å². The molecule has 1 unspecified atom stereocenters. The zero-order valence-corrected chi connectivity index (χ0v) is 26.9. The molecule has 0 spiro atoms. The first-order chi connectivity index (χ1) is 17.3. The maximum Gasteiger partial charge on any atom is 1.00 e. The fourth-order valence-corrected chi connectivity index (χ4v) is 4.03. The molecule has 2 aromatic rings. The number of esters is 2. The number of carbonyl (C=O) groups excluding carboxylic acids is 2. The molecule has 0 aliphatic carbocycles. The SMILES string of the molecule is C=C(Cc1ccccc1)OCC.COC(=O)C(N)CS.COC(=O)[C@@H]1CSC(Cc2ccccc2)=N1.[H-].[K+]. The van der Waals surface area contributed by atoms with Gasteiger partial charge in [0.05, 0.1) is 31.6 Å². The fraction of sp³-hybridized carbons (Fsp3) is 0.370. The summed E-state index contributed by atoms with van der Waals surface area (Å²) >= 11 is 5.42. The summed E-state index contributed by atoms with van der Waals surface area (Å²) in [5.41, 5.74) is 7.64. The predicted molar refractivity (Wildman–Crippen MR) is 152 cm³/mol. The fourth-order valence-electron chi connectivity index (χ4n) is 2.85. The molecule has 2 atom stereocenters. The van der Waals surface area contributed by atoms with Gasteiger partial charge in [0.25, 0.3) is 0 Å².